The molecule has 3 aromatic heterocycles. The number of rotatable bonds is 4. The molecule has 188 valence electrons. The number of aromatic amines is 1. The van der Waals surface area contributed by atoms with Gasteiger partial charge in [0.2, 0.25) is 5.91 Å². The van der Waals surface area contributed by atoms with Gasteiger partial charge in [-0.25, -0.2) is 9.97 Å². The number of carbonyl (C=O) groups excluding carboxylic acids is 1. The molecule has 0 unspecified atom stereocenters. The number of piperazine rings is 1. The molecule has 1 N–H and O–H groups in total. The molecule has 0 saturated carbocycles. The Labute approximate surface area is 221 Å². The standard InChI is InChI=1S/C29H29ClN6O/c1-3-25(37)36-12-4-5-19-6-7-20(17-23(19)36)26-27-22(30)10-11-31-29(27)33-28(26)21-8-9-24(32-18-21)35-15-13-34(2)14-16-35/h3,6-11,17-18H,1,4-5,12-16H2,2H3,(H,31,33). The van der Waals surface area contributed by atoms with Crippen molar-refractivity contribution in [2.24, 2.45) is 0 Å². The minimum Gasteiger partial charge on any atom is -0.354 e. The summed E-state index contributed by atoms with van der Waals surface area (Å²) in [5.74, 6) is 0.902. The highest BCUT2D eigenvalue weighted by molar-refractivity contribution is 6.36. The van der Waals surface area contributed by atoms with Crippen molar-refractivity contribution < 1.29 is 4.79 Å². The molecule has 5 heterocycles. The van der Waals surface area contributed by atoms with Crippen LogP contribution in [0.25, 0.3) is 33.4 Å². The number of pyridine rings is 2. The lowest BCUT2D eigenvalue weighted by atomic mass is 9.94. The summed E-state index contributed by atoms with van der Waals surface area (Å²) < 4.78 is 0. The summed E-state index contributed by atoms with van der Waals surface area (Å²) >= 11 is 6.73. The van der Waals surface area contributed by atoms with E-state index in [1.165, 1.54) is 6.08 Å². The first kappa shape index (κ1) is 23.7. The van der Waals surface area contributed by atoms with Crippen LogP contribution in [0, 0.1) is 0 Å². The van der Waals surface area contributed by atoms with Crippen molar-refractivity contribution in [2.45, 2.75) is 12.8 Å². The Balaban J connectivity index is 1.46. The van der Waals surface area contributed by atoms with Gasteiger partial charge in [-0.1, -0.05) is 30.3 Å². The van der Waals surface area contributed by atoms with E-state index in [0.717, 1.165) is 89.5 Å². The Kier molecular flexibility index (Phi) is 6.18. The number of amides is 1. The maximum absolute atomic E-state index is 12.6. The smallest absolute Gasteiger partial charge is 0.250 e. The zero-order valence-electron chi connectivity index (χ0n) is 20.9. The third-order valence-electron chi connectivity index (χ3n) is 7.44. The van der Waals surface area contributed by atoms with E-state index >= 15 is 0 Å². The maximum Gasteiger partial charge on any atom is 0.250 e. The molecule has 0 atom stereocenters. The van der Waals surface area contributed by atoms with Crippen molar-refractivity contribution in [1.29, 1.82) is 0 Å². The fourth-order valence-electron chi connectivity index (χ4n) is 5.41. The summed E-state index contributed by atoms with van der Waals surface area (Å²) in [5, 5.41) is 1.49. The molecule has 0 radical (unpaired) electrons. The number of nitrogens with one attached hydrogen (secondary N) is 1. The number of H-pyrrole nitrogens is 1. The van der Waals surface area contributed by atoms with Crippen molar-refractivity contribution in [2.75, 3.05) is 49.6 Å². The van der Waals surface area contributed by atoms with Crippen LogP contribution in [0.2, 0.25) is 5.02 Å². The van der Waals surface area contributed by atoms with Gasteiger partial charge in [0.1, 0.15) is 11.5 Å². The summed E-state index contributed by atoms with van der Waals surface area (Å²) in [6, 6.07) is 12.3. The Bertz CT molecular complexity index is 1490. The van der Waals surface area contributed by atoms with Crippen LogP contribution >= 0.6 is 11.6 Å². The number of benzene rings is 1. The zero-order valence-corrected chi connectivity index (χ0v) is 21.6. The van der Waals surface area contributed by atoms with Crippen LogP contribution < -0.4 is 9.80 Å². The number of carbonyl (C=O) groups is 1. The highest BCUT2D eigenvalue weighted by Gasteiger charge is 2.24. The van der Waals surface area contributed by atoms with Crippen LogP contribution in [0.1, 0.15) is 12.0 Å². The van der Waals surface area contributed by atoms with Gasteiger partial charge in [0.15, 0.2) is 0 Å². The predicted octanol–water partition coefficient (Wildman–Crippen LogP) is 5.16. The molecule has 0 aliphatic carbocycles. The van der Waals surface area contributed by atoms with Crippen molar-refractivity contribution in [1.82, 2.24) is 19.9 Å². The number of likely N-dealkylation sites (N-methyl/N-ethyl adjacent to an activating group) is 1. The van der Waals surface area contributed by atoms with Crippen molar-refractivity contribution in [3.63, 3.8) is 0 Å². The largest absolute Gasteiger partial charge is 0.354 e. The molecule has 0 bridgehead atoms. The number of hydrogen-bond donors (Lipinski definition) is 1. The highest BCUT2D eigenvalue weighted by atomic mass is 35.5. The van der Waals surface area contributed by atoms with Crippen molar-refractivity contribution >= 4 is 40.0 Å². The monoisotopic (exact) mass is 512 g/mol. The molecule has 37 heavy (non-hydrogen) atoms. The molecular weight excluding hydrogens is 484 g/mol. The SMILES string of the molecule is C=CC(=O)N1CCCc2ccc(-c3c(-c4ccc(N5CCN(C)CC5)nc4)[nH]c4nccc(Cl)c34)cc21. The minimum atomic E-state index is -0.0827. The second-order valence-electron chi connectivity index (χ2n) is 9.73. The lowest BCUT2D eigenvalue weighted by Gasteiger charge is -2.33. The number of halogens is 1. The quantitative estimate of drug-likeness (QED) is 0.382. The lowest BCUT2D eigenvalue weighted by Crippen LogP contribution is -2.44. The van der Waals surface area contributed by atoms with E-state index in [1.807, 2.05) is 17.2 Å². The summed E-state index contributed by atoms with van der Waals surface area (Å²) in [5.41, 5.74) is 6.61. The Morgan fingerprint density at radius 3 is 2.62 bits per heavy atom. The van der Waals surface area contributed by atoms with Crippen LogP contribution in [0.15, 0.2) is 61.4 Å². The van der Waals surface area contributed by atoms with E-state index in [0.29, 0.717) is 11.6 Å². The Hall–Kier alpha value is -3.68. The van der Waals surface area contributed by atoms with Crippen LogP contribution in [-0.4, -0.2) is 65.5 Å². The van der Waals surface area contributed by atoms with Gasteiger partial charge >= 0.3 is 0 Å². The number of fused-ring (bicyclic) bond motifs is 2. The number of aromatic nitrogens is 3. The normalized spacial score (nSPS) is 16.2. The first-order valence-electron chi connectivity index (χ1n) is 12.7. The predicted molar refractivity (Wildman–Crippen MR) is 150 cm³/mol. The summed E-state index contributed by atoms with van der Waals surface area (Å²) in [7, 11) is 2.15. The van der Waals surface area contributed by atoms with E-state index in [4.69, 9.17) is 16.6 Å². The highest BCUT2D eigenvalue weighted by Crippen LogP contribution is 2.43. The zero-order chi connectivity index (χ0) is 25.5. The molecule has 1 aromatic carbocycles. The molecule has 4 aromatic rings. The van der Waals surface area contributed by atoms with Gasteiger partial charge in [-0.15, -0.1) is 0 Å². The second kappa shape index (κ2) is 9.65. The van der Waals surface area contributed by atoms with E-state index in [1.54, 1.807) is 6.20 Å². The molecule has 6 rings (SSSR count). The molecule has 0 spiro atoms. The molecule has 2 aliphatic rings. The molecule has 1 fully saturated rings. The van der Waals surface area contributed by atoms with Crippen LogP contribution in [0.5, 0.6) is 0 Å². The second-order valence-corrected chi connectivity index (χ2v) is 10.1. The van der Waals surface area contributed by atoms with Gasteiger partial charge in [0.25, 0.3) is 0 Å². The number of aryl methyl sites for hydroxylation is 1. The van der Waals surface area contributed by atoms with Gasteiger partial charge in [-0.2, -0.15) is 0 Å². The van der Waals surface area contributed by atoms with Gasteiger partial charge in [0.05, 0.1) is 10.7 Å². The topological polar surface area (TPSA) is 68.4 Å². The number of hydrogen-bond acceptors (Lipinski definition) is 5. The lowest BCUT2D eigenvalue weighted by molar-refractivity contribution is -0.114. The van der Waals surface area contributed by atoms with Gasteiger partial charge in [0, 0.05) is 67.3 Å². The van der Waals surface area contributed by atoms with E-state index in [9.17, 15) is 4.79 Å². The minimum absolute atomic E-state index is 0.0827. The first-order chi connectivity index (χ1) is 18.0. The fourth-order valence-corrected chi connectivity index (χ4v) is 5.65. The third-order valence-corrected chi connectivity index (χ3v) is 7.76. The van der Waals surface area contributed by atoms with Crippen molar-refractivity contribution in [3.8, 4) is 22.4 Å². The number of nitrogens with zero attached hydrogens (tertiary/aromatic N) is 5. The summed E-state index contributed by atoms with van der Waals surface area (Å²) in [4.78, 5) is 32.0. The molecule has 1 saturated heterocycles. The molecule has 2 aliphatic heterocycles. The maximum atomic E-state index is 12.6. The van der Waals surface area contributed by atoms with Crippen LogP contribution in [0.3, 0.4) is 0 Å². The van der Waals surface area contributed by atoms with E-state index in [-0.39, 0.29) is 5.91 Å². The molecule has 1 amide bonds. The Morgan fingerprint density at radius 1 is 1.05 bits per heavy atom. The van der Waals surface area contributed by atoms with E-state index in [2.05, 4.69) is 63.7 Å². The van der Waals surface area contributed by atoms with E-state index < -0.39 is 0 Å². The van der Waals surface area contributed by atoms with Crippen LogP contribution in [-0.2, 0) is 11.2 Å². The third kappa shape index (κ3) is 4.28. The average molecular weight is 513 g/mol. The summed E-state index contributed by atoms with van der Waals surface area (Å²) in [6.45, 7) is 8.38. The summed E-state index contributed by atoms with van der Waals surface area (Å²) in [6.07, 6.45) is 6.89. The van der Waals surface area contributed by atoms with Crippen LogP contribution in [0.4, 0.5) is 11.5 Å². The number of anilines is 2. The fraction of sp³-hybridized carbons (Fsp3) is 0.276. The van der Waals surface area contributed by atoms with Crippen molar-refractivity contribution in [3.05, 3.63) is 72.0 Å². The molecule has 8 heteroatoms. The molecular formula is C29H29ClN6O. The average Bonchev–Trinajstić information content (AvgIpc) is 3.33. The van der Waals surface area contributed by atoms with Gasteiger partial charge in [-0.3, -0.25) is 4.79 Å². The van der Waals surface area contributed by atoms with Gasteiger partial charge in [-0.05, 0) is 61.4 Å². The Morgan fingerprint density at radius 2 is 1.86 bits per heavy atom. The first-order valence-corrected chi connectivity index (χ1v) is 13.0. The molecule has 7 nitrogen and oxygen atoms in total. The van der Waals surface area contributed by atoms with Gasteiger partial charge < -0.3 is 19.7 Å².